The number of hydrogen-bond acceptors (Lipinski definition) is 6. The molecule has 0 spiro atoms. The first-order chi connectivity index (χ1) is 13.8. The van der Waals surface area contributed by atoms with Crippen molar-refractivity contribution in [3.63, 3.8) is 0 Å². The zero-order valence-electron chi connectivity index (χ0n) is 15.8. The molecule has 0 radical (unpaired) electrons. The van der Waals surface area contributed by atoms with Crippen molar-refractivity contribution in [1.29, 1.82) is 0 Å². The predicted octanol–water partition coefficient (Wildman–Crippen LogP) is 2.57. The van der Waals surface area contributed by atoms with Gasteiger partial charge in [-0.3, -0.25) is 4.79 Å². The molecule has 1 aliphatic rings. The molecule has 1 saturated heterocycles. The van der Waals surface area contributed by atoms with Crippen LogP contribution in [0.1, 0.15) is 22.8 Å². The third-order valence-electron chi connectivity index (χ3n) is 4.21. The van der Waals surface area contributed by atoms with E-state index < -0.39 is 18.7 Å². The number of pyridine rings is 2. The van der Waals surface area contributed by atoms with Crippen LogP contribution in [-0.4, -0.2) is 54.5 Å². The van der Waals surface area contributed by atoms with Gasteiger partial charge in [-0.2, -0.15) is 13.2 Å². The zero-order valence-corrected chi connectivity index (χ0v) is 15.8. The number of rotatable bonds is 6. The highest BCUT2D eigenvalue weighted by Crippen LogP contribution is 2.17. The largest absolute Gasteiger partial charge is 0.468 e. The lowest BCUT2D eigenvalue weighted by molar-refractivity contribution is -0.154. The van der Waals surface area contributed by atoms with Gasteiger partial charge in [0.2, 0.25) is 5.88 Å². The van der Waals surface area contributed by atoms with Gasteiger partial charge in [0.05, 0.1) is 18.3 Å². The van der Waals surface area contributed by atoms with E-state index in [2.05, 4.69) is 24.9 Å². The van der Waals surface area contributed by atoms with Crippen LogP contribution in [0.25, 0.3) is 0 Å². The Morgan fingerprint density at radius 1 is 1.28 bits per heavy atom. The van der Waals surface area contributed by atoms with E-state index in [1.165, 1.54) is 18.3 Å². The highest BCUT2D eigenvalue weighted by molar-refractivity contribution is 5.93. The van der Waals surface area contributed by atoms with Gasteiger partial charge in [0.1, 0.15) is 5.82 Å². The molecular weight excluding hydrogens is 389 g/mol. The number of aromatic nitrogens is 2. The Balaban J connectivity index is 1.50. The highest BCUT2D eigenvalue weighted by Gasteiger charge is 2.28. The molecule has 0 aliphatic carbocycles. The Labute approximate surface area is 165 Å². The first kappa shape index (κ1) is 20.8. The third-order valence-corrected chi connectivity index (χ3v) is 4.21. The van der Waals surface area contributed by atoms with Crippen LogP contribution in [-0.2, 0) is 11.3 Å². The molecule has 156 valence electrons. The van der Waals surface area contributed by atoms with Gasteiger partial charge >= 0.3 is 6.18 Å². The molecule has 3 rings (SSSR count). The summed E-state index contributed by atoms with van der Waals surface area (Å²) in [6, 6.07) is 6.36. The molecule has 0 aromatic carbocycles. The quantitative estimate of drug-likeness (QED) is 0.789. The molecule has 1 fully saturated rings. The minimum absolute atomic E-state index is 0.156. The summed E-state index contributed by atoms with van der Waals surface area (Å²) in [5.41, 5.74) is 1.04. The van der Waals surface area contributed by atoms with Gasteiger partial charge in [0.15, 0.2) is 6.61 Å². The number of morpholine rings is 1. The van der Waals surface area contributed by atoms with Crippen molar-refractivity contribution in [2.75, 3.05) is 31.2 Å². The summed E-state index contributed by atoms with van der Waals surface area (Å²) in [5.74, 6) is 0.260. The van der Waals surface area contributed by atoms with E-state index in [1.807, 2.05) is 19.1 Å². The SMILES string of the molecule is CC1CN(c2ccc(CNC(=O)c3ccc(OCC(F)(F)F)nc3)cn2)CCO1. The number of amides is 1. The van der Waals surface area contributed by atoms with E-state index >= 15 is 0 Å². The normalized spacial score (nSPS) is 17.1. The maximum Gasteiger partial charge on any atom is 0.422 e. The van der Waals surface area contributed by atoms with E-state index in [0.29, 0.717) is 6.61 Å². The van der Waals surface area contributed by atoms with Crippen LogP contribution < -0.4 is 15.0 Å². The van der Waals surface area contributed by atoms with Gasteiger partial charge in [-0.05, 0) is 24.6 Å². The number of nitrogens with one attached hydrogen (secondary N) is 1. The Hall–Kier alpha value is -2.88. The molecule has 0 bridgehead atoms. The van der Waals surface area contributed by atoms with E-state index in [9.17, 15) is 18.0 Å². The monoisotopic (exact) mass is 410 g/mol. The lowest BCUT2D eigenvalue weighted by atomic mass is 10.2. The number of anilines is 1. The van der Waals surface area contributed by atoms with Gasteiger partial charge in [-0.15, -0.1) is 0 Å². The fraction of sp³-hybridized carbons (Fsp3) is 0.421. The molecule has 1 atom stereocenters. The molecule has 1 N–H and O–H groups in total. The zero-order chi connectivity index (χ0) is 20.9. The maximum absolute atomic E-state index is 12.2. The van der Waals surface area contributed by atoms with Crippen molar-refractivity contribution in [1.82, 2.24) is 15.3 Å². The van der Waals surface area contributed by atoms with E-state index in [1.54, 1.807) is 6.20 Å². The number of nitrogens with zero attached hydrogens (tertiary/aromatic N) is 3. The van der Waals surface area contributed by atoms with Crippen molar-refractivity contribution in [3.8, 4) is 5.88 Å². The topological polar surface area (TPSA) is 76.6 Å². The summed E-state index contributed by atoms with van der Waals surface area (Å²) in [6.45, 7) is 3.06. The van der Waals surface area contributed by atoms with Crippen LogP contribution in [0.5, 0.6) is 5.88 Å². The number of carbonyl (C=O) groups excluding carboxylic acids is 1. The fourth-order valence-corrected chi connectivity index (χ4v) is 2.77. The number of hydrogen-bond donors (Lipinski definition) is 1. The van der Waals surface area contributed by atoms with Gasteiger partial charge in [0.25, 0.3) is 5.91 Å². The molecule has 1 amide bonds. The van der Waals surface area contributed by atoms with Crippen molar-refractivity contribution in [2.24, 2.45) is 0 Å². The van der Waals surface area contributed by atoms with E-state index in [0.717, 1.165) is 24.5 Å². The fourth-order valence-electron chi connectivity index (χ4n) is 2.77. The Kier molecular flexibility index (Phi) is 6.53. The van der Waals surface area contributed by atoms with E-state index in [4.69, 9.17) is 4.74 Å². The maximum atomic E-state index is 12.2. The average Bonchev–Trinajstić information content (AvgIpc) is 2.71. The lowest BCUT2D eigenvalue weighted by Gasteiger charge is -2.32. The van der Waals surface area contributed by atoms with Crippen molar-refractivity contribution < 1.29 is 27.4 Å². The smallest absolute Gasteiger partial charge is 0.422 e. The first-order valence-electron chi connectivity index (χ1n) is 9.05. The molecule has 1 unspecified atom stereocenters. The molecule has 10 heteroatoms. The molecule has 2 aromatic heterocycles. The van der Waals surface area contributed by atoms with Crippen LogP contribution >= 0.6 is 0 Å². The minimum Gasteiger partial charge on any atom is -0.468 e. The molecular formula is C19H21F3N4O3. The Bertz CT molecular complexity index is 813. The molecule has 2 aromatic rings. The summed E-state index contributed by atoms with van der Waals surface area (Å²) in [7, 11) is 0. The second-order valence-corrected chi connectivity index (χ2v) is 6.62. The average molecular weight is 410 g/mol. The Morgan fingerprint density at radius 3 is 2.72 bits per heavy atom. The lowest BCUT2D eigenvalue weighted by Crippen LogP contribution is -2.41. The molecule has 3 heterocycles. The summed E-state index contributed by atoms with van der Waals surface area (Å²) >= 11 is 0. The van der Waals surface area contributed by atoms with Crippen molar-refractivity contribution in [3.05, 3.63) is 47.8 Å². The van der Waals surface area contributed by atoms with E-state index in [-0.39, 0.29) is 24.1 Å². The summed E-state index contributed by atoms with van der Waals surface area (Å²) in [6.07, 6.45) is -1.42. The van der Waals surface area contributed by atoms with Crippen molar-refractivity contribution >= 4 is 11.7 Å². The number of ether oxygens (including phenoxy) is 2. The van der Waals surface area contributed by atoms with Crippen LogP contribution in [0.3, 0.4) is 0 Å². The van der Waals surface area contributed by atoms with Crippen molar-refractivity contribution in [2.45, 2.75) is 25.7 Å². The Morgan fingerprint density at radius 2 is 2.10 bits per heavy atom. The van der Waals surface area contributed by atoms with Crippen LogP contribution in [0.4, 0.5) is 19.0 Å². The minimum atomic E-state index is -4.44. The molecule has 7 nitrogen and oxygen atoms in total. The van der Waals surface area contributed by atoms with Crippen LogP contribution in [0, 0.1) is 0 Å². The molecule has 29 heavy (non-hydrogen) atoms. The number of carbonyl (C=O) groups is 1. The summed E-state index contributed by atoms with van der Waals surface area (Å²) < 4.78 is 46.4. The van der Waals surface area contributed by atoms with Gasteiger partial charge < -0.3 is 19.7 Å². The second kappa shape index (κ2) is 9.08. The third kappa shape index (κ3) is 6.31. The first-order valence-corrected chi connectivity index (χ1v) is 9.05. The summed E-state index contributed by atoms with van der Waals surface area (Å²) in [4.78, 5) is 22.5. The number of alkyl halides is 3. The predicted molar refractivity (Wildman–Crippen MR) is 98.8 cm³/mol. The van der Waals surface area contributed by atoms with Gasteiger partial charge in [-0.1, -0.05) is 6.07 Å². The van der Waals surface area contributed by atoms with Gasteiger partial charge in [-0.25, -0.2) is 9.97 Å². The number of halogens is 3. The van der Waals surface area contributed by atoms with Crippen LogP contribution in [0.2, 0.25) is 0 Å². The summed E-state index contributed by atoms with van der Waals surface area (Å²) in [5, 5.41) is 2.72. The van der Waals surface area contributed by atoms with Crippen LogP contribution in [0.15, 0.2) is 36.7 Å². The molecule has 0 saturated carbocycles. The second-order valence-electron chi connectivity index (χ2n) is 6.62. The molecule has 1 aliphatic heterocycles. The van der Waals surface area contributed by atoms with Gasteiger partial charge in [0, 0.05) is 38.1 Å². The standard InChI is InChI=1S/C19H21F3N4O3/c1-13-11-26(6-7-28-13)16-4-2-14(8-23-16)9-25-18(27)15-3-5-17(24-10-15)29-12-19(20,21)22/h2-5,8,10,13H,6-7,9,11-12H2,1H3,(H,25,27). The highest BCUT2D eigenvalue weighted by atomic mass is 19.4.